The van der Waals surface area contributed by atoms with Crippen LogP contribution in [0.2, 0.25) is 4.34 Å². The largest absolute Gasteiger partial charge is 0.466 e. The van der Waals surface area contributed by atoms with Crippen molar-refractivity contribution < 1.29 is 14.3 Å². The molecule has 0 aliphatic heterocycles. The molecule has 0 aliphatic rings. The molecule has 0 radical (unpaired) electrons. The minimum Gasteiger partial charge on any atom is -0.466 e. The van der Waals surface area contributed by atoms with Gasteiger partial charge >= 0.3 is 5.97 Å². The monoisotopic (exact) mass is 321 g/mol. The second-order valence-corrected chi connectivity index (χ2v) is 6.39. The molecule has 0 aromatic carbocycles. The van der Waals surface area contributed by atoms with Crippen molar-refractivity contribution in [2.75, 3.05) is 18.9 Å². The van der Waals surface area contributed by atoms with Crippen LogP contribution in [0.4, 0.5) is 0 Å². The van der Waals surface area contributed by atoms with E-state index < -0.39 is 0 Å². The fraction of sp³-hybridized carbons (Fsp3) is 0.500. The predicted molar refractivity (Wildman–Crippen MR) is 79.8 cm³/mol. The molecule has 1 rings (SSSR count). The van der Waals surface area contributed by atoms with E-state index in [0.29, 0.717) is 18.9 Å². The molecule has 1 aromatic rings. The van der Waals surface area contributed by atoms with Gasteiger partial charge in [-0.05, 0) is 19.1 Å². The SMILES string of the molecule is CCOC(=O)CCNC(=O)CSCc1ccc(Cl)s1. The zero-order chi connectivity index (χ0) is 14.1. The molecule has 0 bridgehead atoms. The molecule has 1 amide bonds. The number of nitrogens with one attached hydrogen (secondary N) is 1. The van der Waals surface area contributed by atoms with Crippen LogP contribution < -0.4 is 5.32 Å². The number of carbonyl (C=O) groups excluding carboxylic acids is 2. The number of ether oxygens (including phenoxy) is 1. The van der Waals surface area contributed by atoms with E-state index in [9.17, 15) is 9.59 Å². The topological polar surface area (TPSA) is 55.4 Å². The summed E-state index contributed by atoms with van der Waals surface area (Å²) in [5, 5.41) is 2.68. The van der Waals surface area contributed by atoms with E-state index in [4.69, 9.17) is 16.3 Å². The maximum absolute atomic E-state index is 11.5. The molecular weight excluding hydrogens is 306 g/mol. The average molecular weight is 322 g/mol. The summed E-state index contributed by atoms with van der Waals surface area (Å²) in [6.07, 6.45) is 0.213. The van der Waals surface area contributed by atoms with Crippen LogP contribution in [0.15, 0.2) is 12.1 Å². The Morgan fingerprint density at radius 3 is 2.89 bits per heavy atom. The van der Waals surface area contributed by atoms with Gasteiger partial charge in [0.05, 0.1) is 23.1 Å². The molecule has 0 aliphatic carbocycles. The van der Waals surface area contributed by atoms with Gasteiger partial charge < -0.3 is 10.1 Å². The van der Waals surface area contributed by atoms with Crippen LogP contribution in [0.5, 0.6) is 0 Å². The molecule has 1 N–H and O–H groups in total. The van der Waals surface area contributed by atoms with Gasteiger partial charge in [-0.25, -0.2) is 0 Å². The Kier molecular flexibility index (Phi) is 7.93. The lowest BCUT2D eigenvalue weighted by Gasteiger charge is -2.04. The van der Waals surface area contributed by atoms with Gasteiger partial charge in [-0.15, -0.1) is 23.1 Å². The van der Waals surface area contributed by atoms with Gasteiger partial charge in [-0.2, -0.15) is 0 Å². The maximum atomic E-state index is 11.5. The van der Waals surface area contributed by atoms with Gasteiger partial charge in [-0.1, -0.05) is 11.6 Å². The normalized spacial score (nSPS) is 10.2. The van der Waals surface area contributed by atoms with Gasteiger partial charge in [-0.3, -0.25) is 9.59 Å². The van der Waals surface area contributed by atoms with Crippen LogP contribution >= 0.6 is 34.7 Å². The second kappa shape index (κ2) is 9.23. The van der Waals surface area contributed by atoms with E-state index in [1.807, 2.05) is 12.1 Å². The average Bonchev–Trinajstić information content (AvgIpc) is 2.75. The first-order valence-corrected chi connectivity index (χ1v) is 8.21. The number of esters is 1. The molecule has 0 unspecified atom stereocenters. The summed E-state index contributed by atoms with van der Waals surface area (Å²) < 4.78 is 5.52. The molecule has 1 aromatic heterocycles. The molecule has 106 valence electrons. The minimum atomic E-state index is -0.288. The number of hydrogen-bond acceptors (Lipinski definition) is 5. The van der Waals surface area contributed by atoms with Crippen LogP contribution in [0, 0.1) is 0 Å². The highest BCUT2D eigenvalue weighted by Crippen LogP contribution is 2.24. The minimum absolute atomic E-state index is 0.0723. The van der Waals surface area contributed by atoms with Gasteiger partial charge in [0.1, 0.15) is 0 Å². The van der Waals surface area contributed by atoms with E-state index in [-0.39, 0.29) is 18.3 Å². The van der Waals surface area contributed by atoms with Crippen molar-refractivity contribution in [3.05, 3.63) is 21.3 Å². The van der Waals surface area contributed by atoms with Crippen molar-refractivity contribution in [2.24, 2.45) is 0 Å². The first-order valence-electron chi connectivity index (χ1n) is 5.86. The van der Waals surface area contributed by atoms with E-state index in [1.165, 1.54) is 23.1 Å². The van der Waals surface area contributed by atoms with E-state index >= 15 is 0 Å². The Morgan fingerprint density at radius 1 is 1.47 bits per heavy atom. The van der Waals surface area contributed by atoms with Crippen LogP contribution in [0.1, 0.15) is 18.2 Å². The Labute approximate surface area is 125 Å². The van der Waals surface area contributed by atoms with E-state index in [1.54, 1.807) is 6.92 Å². The summed E-state index contributed by atoms with van der Waals surface area (Å²) in [6.45, 7) is 2.44. The lowest BCUT2D eigenvalue weighted by Crippen LogP contribution is -2.28. The van der Waals surface area contributed by atoms with Gasteiger partial charge in [0.2, 0.25) is 5.91 Å². The fourth-order valence-corrected chi connectivity index (χ4v) is 3.32. The Bertz CT molecular complexity index is 423. The second-order valence-electron chi connectivity index (χ2n) is 3.60. The third kappa shape index (κ3) is 7.44. The summed E-state index contributed by atoms with van der Waals surface area (Å²) in [7, 11) is 0. The molecular formula is C12H16ClNO3S2. The third-order valence-corrected chi connectivity index (χ3v) is 4.46. The first kappa shape index (κ1) is 16.3. The van der Waals surface area contributed by atoms with Crippen molar-refractivity contribution >= 4 is 46.6 Å². The molecule has 0 saturated heterocycles. The first-order chi connectivity index (χ1) is 9.11. The number of thioether (sulfide) groups is 1. The Balaban J connectivity index is 2.06. The molecule has 0 fully saturated rings. The lowest BCUT2D eigenvalue weighted by atomic mass is 10.4. The molecule has 7 heteroatoms. The smallest absolute Gasteiger partial charge is 0.307 e. The Morgan fingerprint density at radius 2 is 2.26 bits per heavy atom. The predicted octanol–water partition coefficient (Wildman–Crippen LogP) is 2.70. The standard InChI is InChI=1S/C12H16ClNO3S2/c1-2-17-12(16)5-6-14-11(15)8-18-7-9-3-4-10(13)19-9/h3-4H,2,5-8H2,1H3,(H,14,15). The summed E-state index contributed by atoms with van der Waals surface area (Å²) in [5.74, 6) is 0.779. The molecule has 0 saturated carbocycles. The highest BCUT2D eigenvalue weighted by Gasteiger charge is 2.05. The van der Waals surface area contributed by atoms with Crippen LogP contribution in [0.25, 0.3) is 0 Å². The van der Waals surface area contributed by atoms with Gasteiger partial charge in [0.15, 0.2) is 0 Å². The summed E-state index contributed by atoms with van der Waals surface area (Å²) in [4.78, 5) is 23.7. The number of amides is 1. The molecule has 1 heterocycles. The zero-order valence-corrected chi connectivity index (χ0v) is 13.0. The number of carbonyl (C=O) groups is 2. The number of halogens is 1. The van der Waals surface area contributed by atoms with Crippen molar-refractivity contribution in [1.82, 2.24) is 5.32 Å². The fourth-order valence-electron chi connectivity index (χ4n) is 1.26. The lowest BCUT2D eigenvalue weighted by molar-refractivity contribution is -0.142. The quantitative estimate of drug-likeness (QED) is 0.748. The van der Waals surface area contributed by atoms with Crippen molar-refractivity contribution in [2.45, 2.75) is 19.1 Å². The molecule has 0 atom stereocenters. The van der Waals surface area contributed by atoms with Crippen LogP contribution in [-0.2, 0) is 20.1 Å². The Hall–Kier alpha value is -0.720. The molecule has 4 nitrogen and oxygen atoms in total. The number of hydrogen-bond donors (Lipinski definition) is 1. The highest BCUT2D eigenvalue weighted by atomic mass is 35.5. The summed E-state index contributed by atoms with van der Waals surface area (Å²) in [5.41, 5.74) is 0. The summed E-state index contributed by atoms with van der Waals surface area (Å²) >= 11 is 8.85. The maximum Gasteiger partial charge on any atom is 0.307 e. The molecule has 19 heavy (non-hydrogen) atoms. The number of rotatable bonds is 8. The molecule has 0 spiro atoms. The summed E-state index contributed by atoms with van der Waals surface area (Å²) in [6, 6.07) is 3.81. The van der Waals surface area contributed by atoms with E-state index in [2.05, 4.69) is 5.32 Å². The zero-order valence-electron chi connectivity index (χ0n) is 10.6. The van der Waals surface area contributed by atoms with Gasteiger partial charge in [0, 0.05) is 17.2 Å². The van der Waals surface area contributed by atoms with Crippen molar-refractivity contribution in [3.8, 4) is 0 Å². The van der Waals surface area contributed by atoms with Crippen molar-refractivity contribution in [1.29, 1.82) is 0 Å². The van der Waals surface area contributed by atoms with Gasteiger partial charge in [0.25, 0.3) is 0 Å². The van der Waals surface area contributed by atoms with E-state index in [0.717, 1.165) is 15.0 Å². The third-order valence-electron chi connectivity index (χ3n) is 2.06. The number of thiophene rings is 1. The van der Waals surface area contributed by atoms with Crippen LogP contribution in [-0.4, -0.2) is 30.8 Å². The van der Waals surface area contributed by atoms with Crippen molar-refractivity contribution in [3.63, 3.8) is 0 Å². The highest BCUT2D eigenvalue weighted by molar-refractivity contribution is 7.99. The van der Waals surface area contributed by atoms with Crippen LogP contribution in [0.3, 0.4) is 0 Å².